The molecule has 484 valence electrons. The Morgan fingerprint density at radius 2 is 0.831 bits per heavy atom. The monoisotopic (exact) mass is 1180 g/mol. The fourth-order valence-corrected chi connectivity index (χ4v) is 11.1. The highest BCUT2D eigenvalue weighted by atomic mass is 16.7. The van der Waals surface area contributed by atoms with Crippen LogP contribution in [0.4, 0.5) is 0 Å². The van der Waals surface area contributed by atoms with Crippen molar-refractivity contribution in [2.45, 2.75) is 351 Å². The van der Waals surface area contributed by atoms with Crippen LogP contribution in [0.2, 0.25) is 0 Å². The molecule has 0 spiro atoms. The summed E-state index contributed by atoms with van der Waals surface area (Å²) in [7, 11) is 0. The zero-order chi connectivity index (χ0) is 60.2. The molecule has 2 saturated heterocycles. The van der Waals surface area contributed by atoms with E-state index in [4.69, 9.17) is 18.9 Å². The maximum Gasteiger partial charge on any atom is 0.220 e. The summed E-state index contributed by atoms with van der Waals surface area (Å²) >= 11 is 0. The lowest BCUT2D eigenvalue weighted by Gasteiger charge is -2.46. The number of hydrogen-bond acceptors (Lipinski definition) is 13. The summed E-state index contributed by atoms with van der Waals surface area (Å²) in [6.07, 6.45) is 53.8. The van der Waals surface area contributed by atoms with Gasteiger partial charge >= 0.3 is 0 Å². The van der Waals surface area contributed by atoms with E-state index in [0.29, 0.717) is 12.8 Å². The van der Waals surface area contributed by atoms with E-state index in [2.05, 4.69) is 79.9 Å². The predicted molar refractivity (Wildman–Crippen MR) is 337 cm³/mol. The van der Waals surface area contributed by atoms with Gasteiger partial charge in [0.05, 0.1) is 32.0 Å². The Labute approximate surface area is 505 Å². The zero-order valence-corrected chi connectivity index (χ0v) is 52.4. The van der Waals surface area contributed by atoms with Crippen LogP contribution in [0.5, 0.6) is 0 Å². The molecule has 0 saturated carbocycles. The van der Waals surface area contributed by atoms with Crippen molar-refractivity contribution in [3.8, 4) is 0 Å². The second-order valence-corrected chi connectivity index (χ2v) is 23.9. The summed E-state index contributed by atoms with van der Waals surface area (Å²) in [5, 5.41) is 87.5. The highest BCUT2D eigenvalue weighted by Gasteiger charge is 2.51. The Kier molecular flexibility index (Phi) is 49.9. The normalized spacial score (nSPS) is 24.2. The van der Waals surface area contributed by atoms with Crippen molar-refractivity contribution < 1.29 is 64.6 Å². The Morgan fingerprint density at radius 3 is 1.27 bits per heavy atom. The van der Waals surface area contributed by atoms with Crippen molar-refractivity contribution in [3.63, 3.8) is 0 Å². The maximum absolute atomic E-state index is 13.3. The van der Waals surface area contributed by atoms with Gasteiger partial charge in [0.25, 0.3) is 0 Å². The molecule has 83 heavy (non-hydrogen) atoms. The van der Waals surface area contributed by atoms with Crippen LogP contribution in [0.25, 0.3) is 0 Å². The number of carbonyl (C=O) groups is 1. The smallest absolute Gasteiger partial charge is 0.220 e. The number of allylic oxidation sites excluding steroid dienone is 10. The van der Waals surface area contributed by atoms with Gasteiger partial charge in [-0.25, -0.2) is 0 Å². The van der Waals surface area contributed by atoms with Crippen LogP contribution in [0, 0.1) is 0 Å². The van der Waals surface area contributed by atoms with Crippen LogP contribution >= 0.6 is 0 Å². The van der Waals surface area contributed by atoms with E-state index in [-0.39, 0.29) is 18.9 Å². The molecule has 0 aliphatic carbocycles. The van der Waals surface area contributed by atoms with Crippen molar-refractivity contribution >= 4 is 5.91 Å². The number of carbonyl (C=O) groups excluding carboxylic acids is 1. The van der Waals surface area contributed by atoms with E-state index in [0.717, 1.165) is 77.0 Å². The topological polar surface area (TPSA) is 228 Å². The number of aliphatic hydroxyl groups excluding tert-OH is 8. The first kappa shape index (κ1) is 76.8. The molecule has 14 nitrogen and oxygen atoms in total. The van der Waals surface area contributed by atoms with Crippen LogP contribution in [0.1, 0.15) is 277 Å². The van der Waals surface area contributed by atoms with Gasteiger partial charge in [0.2, 0.25) is 5.91 Å². The van der Waals surface area contributed by atoms with Gasteiger partial charge in [-0.1, -0.05) is 274 Å². The standard InChI is InChI=1S/C69H125NO13/c1-3-5-7-9-11-13-15-17-19-21-23-24-25-26-27-28-29-30-31-32-33-35-36-38-40-42-44-46-48-50-52-58(73)57(70-61(74)53-51-49-47-45-43-41-39-37-34-22-20-18-16-14-12-10-8-6-4-2)56-80-68-66(79)64(77)67(60(55-72)82-68)83-69-65(78)63(76)62(75)59(54-71)81-69/h6,8,12,14,18,20,34,37,41,43,57-60,62-69,71-73,75-79H,3-5,7,9-11,13,15-17,19,21-33,35-36,38-40,42,44-56H2,1-2H3,(H,70,74)/b8-6-,14-12-,20-18-,37-34-,43-41-. The third kappa shape index (κ3) is 38.6. The van der Waals surface area contributed by atoms with Gasteiger partial charge in [0.15, 0.2) is 12.6 Å². The van der Waals surface area contributed by atoms with E-state index in [9.17, 15) is 45.6 Å². The summed E-state index contributed by atoms with van der Waals surface area (Å²) in [4.78, 5) is 13.3. The summed E-state index contributed by atoms with van der Waals surface area (Å²) in [5.41, 5.74) is 0. The molecule has 0 aromatic heterocycles. The van der Waals surface area contributed by atoms with Crippen molar-refractivity contribution in [2.24, 2.45) is 0 Å². The molecule has 0 aromatic carbocycles. The number of amides is 1. The number of nitrogens with one attached hydrogen (secondary N) is 1. The number of ether oxygens (including phenoxy) is 4. The molecule has 2 rings (SSSR count). The highest BCUT2D eigenvalue weighted by Crippen LogP contribution is 2.30. The minimum atomic E-state index is -1.79. The van der Waals surface area contributed by atoms with Gasteiger partial charge in [-0.2, -0.15) is 0 Å². The summed E-state index contributed by atoms with van der Waals surface area (Å²) in [6.45, 7) is 2.75. The van der Waals surface area contributed by atoms with Gasteiger partial charge < -0.3 is 65.1 Å². The molecule has 1 amide bonds. The summed E-state index contributed by atoms with van der Waals surface area (Å²) in [5.74, 6) is -0.236. The van der Waals surface area contributed by atoms with Crippen LogP contribution < -0.4 is 5.32 Å². The Bertz CT molecular complexity index is 1620. The number of hydrogen-bond donors (Lipinski definition) is 9. The quantitative estimate of drug-likeness (QED) is 0.0204. The molecule has 14 heteroatoms. The molecule has 2 aliphatic rings. The lowest BCUT2D eigenvalue weighted by Crippen LogP contribution is -2.65. The lowest BCUT2D eigenvalue weighted by atomic mass is 9.97. The molecule has 2 heterocycles. The molecular formula is C69H125NO13. The molecule has 12 unspecified atom stereocenters. The van der Waals surface area contributed by atoms with E-state index in [1.807, 2.05) is 0 Å². The lowest BCUT2D eigenvalue weighted by molar-refractivity contribution is -0.359. The number of aliphatic hydroxyl groups is 8. The molecule has 0 radical (unpaired) electrons. The number of rotatable bonds is 55. The third-order valence-electron chi connectivity index (χ3n) is 16.5. The van der Waals surface area contributed by atoms with Crippen LogP contribution in [-0.2, 0) is 23.7 Å². The average Bonchev–Trinajstić information content (AvgIpc) is 3.64. The van der Waals surface area contributed by atoms with Gasteiger partial charge in [0.1, 0.15) is 48.8 Å². The number of unbranched alkanes of at least 4 members (excludes halogenated alkanes) is 32. The molecule has 0 aromatic rings. The Morgan fingerprint density at radius 1 is 0.446 bits per heavy atom. The van der Waals surface area contributed by atoms with Gasteiger partial charge in [-0.15, -0.1) is 0 Å². The SMILES string of the molecule is CC/C=C\C/C=C\C/C=C\C/C=C\C/C=C\CCCCCC(=O)NC(COC1OC(CO)C(OC2OC(CO)C(O)C(O)C2O)C(O)C1O)C(O)CCCCCCCCCCCCCCCCCCCCCCCCCCCCCCCC. The first-order valence-electron chi connectivity index (χ1n) is 34.0. The maximum atomic E-state index is 13.3. The minimum Gasteiger partial charge on any atom is -0.394 e. The summed E-state index contributed by atoms with van der Waals surface area (Å²) in [6, 6.07) is -0.851. The first-order chi connectivity index (χ1) is 40.6. The molecule has 2 aliphatic heterocycles. The van der Waals surface area contributed by atoms with Crippen molar-refractivity contribution in [1.29, 1.82) is 0 Å². The minimum absolute atomic E-state index is 0.236. The highest BCUT2D eigenvalue weighted by molar-refractivity contribution is 5.76. The molecule has 2 fully saturated rings. The van der Waals surface area contributed by atoms with E-state index in [1.165, 1.54) is 167 Å². The molecular weight excluding hydrogens is 1050 g/mol. The molecule has 0 bridgehead atoms. The third-order valence-corrected chi connectivity index (χ3v) is 16.5. The second-order valence-electron chi connectivity index (χ2n) is 23.9. The van der Waals surface area contributed by atoms with Gasteiger partial charge in [-0.3, -0.25) is 4.79 Å². The molecule has 9 N–H and O–H groups in total. The Balaban J connectivity index is 1.68. The fraction of sp³-hybridized carbons (Fsp3) is 0.841. The molecule has 12 atom stereocenters. The van der Waals surface area contributed by atoms with Gasteiger partial charge in [0, 0.05) is 6.42 Å². The van der Waals surface area contributed by atoms with Crippen molar-refractivity contribution in [2.75, 3.05) is 19.8 Å². The second kappa shape index (κ2) is 53.9. The van der Waals surface area contributed by atoms with Crippen molar-refractivity contribution in [3.05, 3.63) is 60.8 Å². The van der Waals surface area contributed by atoms with Crippen LogP contribution in [-0.4, -0.2) is 140 Å². The Hall–Kier alpha value is -2.31. The van der Waals surface area contributed by atoms with E-state index >= 15 is 0 Å². The van der Waals surface area contributed by atoms with E-state index < -0.39 is 86.8 Å². The van der Waals surface area contributed by atoms with Crippen LogP contribution in [0.3, 0.4) is 0 Å². The van der Waals surface area contributed by atoms with Gasteiger partial charge in [-0.05, 0) is 57.8 Å². The van der Waals surface area contributed by atoms with Crippen LogP contribution in [0.15, 0.2) is 60.8 Å². The van der Waals surface area contributed by atoms with Crippen molar-refractivity contribution in [1.82, 2.24) is 5.32 Å². The largest absolute Gasteiger partial charge is 0.394 e. The average molecular weight is 1180 g/mol. The predicted octanol–water partition coefficient (Wildman–Crippen LogP) is 13.3. The summed E-state index contributed by atoms with van der Waals surface area (Å²) < 4.78 is 22.9. The fourth-order valence-electron chi connectivity index (χ4n) is 11.1. The van der Waals surface area contributed by atoms with E-state index in [1.54, 1.807) is 0 Å². The zero-order valence-electron chi connectivity index (χ0n) is 52.4. The first-order valence-corrected chi connectivity index (χ1v) is 34.0.